The number of carboxylic acids is 1. The Morgan fingerprint density at radius 2 is 1.77 bits per heavy atom. The topological polar surface area (TPSA) is 75.6 Å². The molecule has 1 aliphatic carbocycles. The van der Waals surface area contributed by atoms with Crippen LogP contribution in [0.25, 0.3) is 0 Å². The maximum absolute atomic E-state index is 12.4. The summed E-state index contributed by atoms with van der Waals surface area (Å²) in [5, 5.41) is 12.1. The van der Waals surface area contributed by atoms with Crippen LogP contribution in [0.5, 0.6) is 0 Å². The standard InChI is InChI=1S/C21H31NO4/c1-21(2,3)18(16-12-8-5-9-13-16)26-20(25)22-17(19(23)24)14-15-10-6-4-7-11-15/h5,8-9,12-13,15,17-18H,4,6-7,10-11,14H2,1-3H3,(H,22,25)(H,23,24)/t17-,18?/m0/s1. The van der Waals surface area contributed by atoms with Gasteiger partial charge in [-0.3, -0.25) is 0 Å². The van der Waals surface area contributed by atoms with Crippen molar-refractivity contribution in [2.45, 2.75) is 71.4 Å². The molecule has 0 spiro atoms. The van der Waals surface area contributed by atoms with E-state index >= 15 is 0 Å². The number of rotatable bonds is 6. The summed E-state index contributed by atoms with van der Waals surface area (Å²) < 4.78 is 5.66. The zero-order valence-corrected chi connectivity index (χ0v) is 16.0. The van der Waals surface area contributed by atoms with Gasteiger partial charge < -0.3 is 15.2 Å². The Balaban J connectivity index is 2.01. The van der Waals surface area contributed by atoms with Gasteiger partial charge in [-0.2, -0.15) is 0 Å². The molecule has 0 heterocycles. The third-order valence-electron chi connectivity index (χ3n) is 5.00. The molecule has 5 heteroatoms. The van der Waals surface area contributed by atoms with Crippen molar-refractivity contribution >= 4 is 12.1 Å². The van der Waals surface area contributed by atoms with Gasteiger partial charge in [0.2, 0.25) is 0 Å². The quantitative estimate of drug-likeness (QED) is 0.754. The zero-order chi connectivity index (χ0) is 19.2. The lowest BCUT2D eigenvalue weighted by Crippen LogP contribution is -2.43. The van der Waals surface area contributed by atoms with E-state index in [9.17, 15) is 14.7 Å². The molecule has 1 aromatic rings. The molecule has 0 aromatic heterocycles. The predicted molar refractivity (Wildman–Crippen MR) is 101 cm³/mol. The first-order valence-electron chi connectivity index (χ1n) is 9.52. The van der Waals surface area contributed by atoms with Gasteiger partial charge in [-0.25, -0.2) is 9.59 Å². The smallest absolute Gasteiger partial charge is 0.408 e. The fourth-order valence-electron chi connectivity index (χ4n) is 3.63. The summed E-state index contributed by atoms with van der Waals surface area (Å²) in [6.45, 7) is 5.98. The van der Waals surface area contributed by atoms with E-state index < -0.39 is 24.2 Å². The van der Waals surface area contributed by atoms with E-state index in [-0.39, 0.29) is 5.41 Å². The van der Waals surface area contributed by atoms with Crippen molar-refractivity contribution in [1.82, 2.24) is 5.32 Å². The molecular weight excluding hydrogens is 330 g/mol. The van der Waals surface area contributed by atoms with Crippen LogP contribution in [-0.4, -0.2) is 23.2 Å². The number of hydrogen-bond acceptors (Lipinski definition) is 3. The van der Waals surface area contributed by atoms with Crippen molar-refractivity contribution in [3.63, 3.8) is 0 Å². The lowest BCUT2D eigenvalue weighted by atomic mass is 9.84. The van der Waals surface area contributed by atoms with Crippen molar-refractivity contribution in [2.75, 3.05) is 0 Å². The molecule has 0 aliphatic heterocycles. The lowest BCUT2D eigenvalue weighted by Gasteiger charge is -2.31. The first-order chi connectivity index (χ1) is 12.3. The molecule has 26 heavy (non-hydrogen) atoms. The highest BCUT2D eigenvalue weighted by molar-refractivity contribution is 5.80. The lowest BCUT2D eigenvalue weighted by molar-refractivity contribution is -0.140. The summed E-state index contributed by atoms with van der Waals surface area (Å²) in [5.74, 6) is -0.641. The monoisotopic (exact) mass is 361 g/mol. The third-order valence-corrected chi connectivity index (χ3v) is 5.00. The molecule has 0 bridgehead atoms. The largest absolute Gasteiger partial charge is 0.480 e. The molecule has 1 amide bonds. The van der Waals surface area contributed by atoms with Crippen molar-refractivity contribution < 1.29 is 19.4 Å². The maximum Gasteiger partial charge on any atom is 0.408 e. The van der Waals surface area contributed by atoms with Crippen LogP contribution in [0.3, 0.4) is 0 Å². The second kappa shape index (κ2) is 9.06. The van der Waals surface area contributed by atoms with Gasteiger partial charge in [0.15, 0.2) is 0 Å². The third kappa shape index (κ3) is 6.04. The van der Waals surface area contributed by atoms with E-state index in [0.29, 0.717) is 12.3 Å². The minimum absolute atomic E-state index is 0.305. The maximum atomic E-state index is 12.4. The van der Waals surface area contributed by atoms with Gasteiger partial charge in [-0.1, -0.05) is 83.2 Å². The van der Waals surface area contributed by atoms with Gasteiger partial charge in [0, 0.05) is 5.41 Å². The second-order valence-corrected chi connectivity index (χ2v) is 8.34. The number of alkyl carbamates (subject to hydrolysis) is 1. The number of amides is 1. The van der Waals surface area contributed by atoms with Crippen LogP contribution in [0.1, 0.15) is 71.0 Å². The Labute approximate surface area is 156 Å². The molecule has 1 aliphatic rings. The van der Waals surface area contributed by atoms with E-state index in [2.05, 4.69) is 5.32 Å². The molecule has 0 saturated heterocycles. The summed E-state index contributed by atoms with van der Waals surface area (Å²) in [7, 11) is 0. The Kier molecular flexibility index (Phi) is 7.06. The van der Waals surface area contributed by atoms with Gasteiger partial charge in [0.1, 0.15) is 12.1 Å². The zero-order valence-electron chi connectivity index (χ0n) is 16.0. The van der Waals surface area contributed by atoms with Crippen molar-refractivity contribution in [3.05, 3.63) is 35.9 Å². The number of carbonyl (C=O) groups excluding carboxylic acids is 1. The number of hydrogen-bond donors (Lipinski definition) is 2. The fourth-order valence-corrected chi connectivity index (χ4v) is 3.63. The molecule has 2 atom stereocenters. The van der Waals surface area contributed by atoms with Crippen molar-refractivity contribution in [3.8, 4) is 0 Å². The molecule has 144 valence electrons. The molecular formula is C21H31NO4. The molecule has 2 N–H and O–H groups in total. The first kappa shape index (κ1) is 20.3. The van der Waals surface area contributed by atoms with Gasteiger partial charge in [-0.15, -0.1) is 0 Å². The van der Waals surface area contributed by atoms with Gasteiger partial charge in [0.05, 0.1) is 0 Å². The van der Waals surface area contributed by atoms with Gasteiger partial charge in [-0.05, 0) is 17.9 Å². The summed E-state index contributed by atoms with van der Waals surface area (Å²) >= 11 is 0. The number of carbonyl (C=O) groups is 2. The van der Waals surface area contributed by atoms with Crippen LogP contribution >= 0.6 is 0 Å². The first-order valence-corrected chi connectivity index (χ1v) is 9.52. The highest BCUT2D eigenvalue weighted by Crippen LogP contribution is 2.36. The summed E-state index contributed by atoms with van der Waals surface area (Å²) in [6, 6.07) is 8.65. The summed E-state index contributed by atoms with van der Waals surface area (Å²) in [6.07, 6.45) is 4.92. The molecule has 5 nitrogen and oxygen atoms in total. The van der Waals surface area contributed by atoms with E-state index in [1.165, 1.54) is 6.42 Å². The molecule has 1 aromatic carbocycles. The number of aliphatic carboxylic acids is 1. The minimum Gasteiger partial charge on any atom is -0.480 e. The highest BCUT2D eigenvalue weighted by atomic mass is 16.6. The van der Waals surface area contributed by atoms with E-state index in [4.69, 9.17) is 4.74 Å². The Morgan fingerprint density at radius 3 is 2.31 bits per heavy atom. The van der Waals surface area contributed by atoms with Crippen LogP contribution in [-0.2, 0) is 9.53 Å². The van der Waals surface area contributed by atoms with Crippen LogP contribution in [0.15, 0.2) is 30.3 Å². The number of carboxylic acid groups (broad SMARTS) is 1. The Bertz CT molecular complexity index is 588. The average molecular weight is 361 g/mol. The molecule has 1 unspecified atom stereocenters. The number of ether oxygens (including phenoxy) is 1. The van der Waals surface area contributed by atoms with Crippen LogP contribution in [0, 0.1) is 11.3 Å². The number of nitrogens with one attached hydrogen (secondary N) is 1. The number of benzene rings is 1. The van der Waals surface area contributed by atoms with Crippen LogP contribution in [0.4, 0.5) is 4.79 Å². The average Bonchev–Trinajstić information content (AvgIpc) is 2.59. The SMILES string of the molecule is CC(C)(C)C(OC(=O)N[C@@H](CC1CCCCC1)C(=O)O)c1ccccc1. The van der Waals surface area contributed by atoms with Crippen molar-refractivity contribution in [2.24, 2.45) is 11.3 Å². The Hall–Kier alpha value is -2.04. The molecule has 1 saturated carbocycles. The summed E-state index contributed by atoms with van der Waals surface area (Å²) in [4.78, 5) is 24.0. The summed E-state index contributed by atoms with van der Waals surface area (Å²) in [5.41, 5.74) is 0.593. The fraction of sp³-hybridized carbons (Fsp3) is 0.619. The molecule has 1 fully saturated rings. The second-order valence-electron chi connectivity index (χ2n) is 8.34. The van der Waals surface area contributed by atoms with Crippen LogP contribution < -0.4 is 5.32 Å². The van der Waals surface area contributed by atoms with Gasteiger partial charge in [0.25, 0.3) is 0 Å². The highest BCUT2D eigenvalue weighted by Gasteiger charge is 2.32. The van der Waals surface area contributed by atoms with E-state index in [1.807, 2.05) is 51.1 Å². The molecule has 2 rings (SSSR count). The normalized spacial score (nSPS) is 18.0. The minimum atomic E-state index is -1.00. The molecule has 0 radical (unpaired) electrons. The van der Waals surface area contributed by atoms with Crippen LogP contribution in [0.2, 0.25) is 0 Å². The van der Waals surface area contributed by atoms with E-state index in [0.717, 1.165) is 31.2 Å². The van der Waals surface area contributed by atoms with E-state index in [1.54, 1.807) is 0 Å². The Morgan fingerprint density at radius 1 is 1.15 bits per heavy atom. The predicted octanol–water partition coefficient (Wildman–Crippen LogP) is 4.92. The van der Waals surface area contributed by atoms with Crippen molar-refractivity contribution in [1.29, 1.82) is 0 Å². The van der Waals surface area contributed by atoms with Gasteiger partial charge >= 0.3 is 12.1 Å².